The molecule has 24 heavy (non-hydrogen) atoms. The van der Waals surface area contributed by atoms with Gasteiger partial charge in [-0.2, -0.15) is 0 Å². The Morgan fingerprint density at radius 2 is 2.21 bits per heavy atom. The summed E-state index contributed by atoms with van der Waals surface area (Å²) in [6, 6.07) is 8.46. The third-order valence-electron chi connectivity index (χ3n) is 3.97. The van der Waals surface area contributed by atoms with E-state index < -0.39 is 0 Å². The summed E-state index contributed by atoms with van der Waals surface area (Å²) in [5.74, 6) is 0.499. The summed E-state index contributed by atoms with van der Waals surface area (Å²) in [4.78, 5) is 15.9. The Bertz CT molecular complexity index is 716. The van der Waals surface area contributed by atoms with Crippen LogP contribution in [0.4, 0.5) is 5.69 Å². The molecule has 2 heterocycles. The van der Waals surface area contributed by atoms with Crippen molar-refractivity contribution < 1.29 is 4.79 Å². The van der Waals surface area contributed by atoms with Crippen molar-refractivity contribution in [2.45, 2.75) is 48.5 Å². The third kappa shape index (κ3) is 3.78. The van der Waals surface area contributed by atoms with Crippen LogP contribution in [0.2, 0.25) is 0 Å². The number of para-hydroxylation sites is 1. The minimum atomic E-state index is 0.125. The van der Waals surface area contributed by atoms with Gasteiger partial charge in [-0.15, -0.1) is 22.0 Å². The Balaban J connectivity index is 1.74. The third-order valence-corrected chi connectivity index (χ3v) is 6.14. The van der Waals surface area contributed by atoms with E-state index in [1.807, 2.05) is 39.4 Å². The number of benzene rings is 1. The average molecular weight is 363 g/mol. The predicted molar refractivity (Wildman–Crippen MR) is 99.9 cm³/mol. The number of amides is 1. The number of fused-ring (bicyclic) bond motifs is 1. The number of carbonyl (C=O) groups is 1. The number of aromatic nitrogens is 3. The van der Waals surface area contributed by atoms with E-state index in [2.05, 4.69) is 37.0 Å². The quantitative estimate of drug-likeness (QED) is 0.773. The number of carbonyl (C=O) groups excluding carboxylic acids is 1. The van der Waals surface area contributed by atoms with Gasteiger partial charge in [-0.25, -0.2) is 0 Å². The summed E-state index contributed by atoms with van der Waals surface area (Å²) >= 11 is 3.31. The summed E-state index contributed by atoms with van der Waals surface area (Å²) in [5.41, 5.74) is 1.03. The number of hydrogen-bond acceptors (Lipinski definition) is 5. The molecule has 0 fully saturated rings. The van der Waals surface area contributed by atoms with Gasteiger partial charge in [0, 0.05) is 22.7 Å². The summed E-state index contributed by atoms with van der Waals surface area (Å²) in [7, 11) is 0. The average Bonchev–Trinajstić information content (AvgIpc) is 2.96. The molecule has 0 aliphatic carbocycles. The molecule has 1 unspecified atom stereocenters. The number of rotatable bonds is 4. The standard InChI is InChI=1S/C17H22N4OS2/c1-12(2)21-11-18-19-17(21)23-10-16(22)20-9-8-13(3)24-15-7-5-4-6-14(15)20/h4-7,11-13H,8-10H2,1-3H3. The zero-order chi connectivity index (χ0) is 17.1. The molecule has 0 radical (unpaired) electrons. The molecule has 0 saturated carbocycles. The fourth-order valence-electron chi connectivity index (χ4n) is 2.64. The molecule has 0 bridgehead atoms. The highest BCUT2D eigenvalue weighted by atomic mass is 32.2. The second-order valence-corrected chi connectivity index (χ2v) is 8.56. The molecule has 7 heteroatoms. The van der Waals surface area contributed by atoms with Gasteiger partial charge in [-0.3, -0.25) is 4.79 Å². The minimum Gasteiger partial charge on any atom is -0.311 e. The maximum Gasteiger partial charge on any atom is 0.237 e. The van der Waals surface area contributed by atoms with Crippen LogP contribution < -0.4 is 4.90 Å². The van der Waals surface area contributed by atoms with E-state index >= 15 is 0 Å². The van der Waals surface area contributed by atoms with Crippen LogP contribution in [-0.2, 0) is 4.79 Å². The lowest BCUT2D eigenvalue weighted by Crippen LogP contribution is -2.33. The second-order valence-electron chi connectivity index (χ2n) is 6.13. The van der Waals surface area contributed by atoms with Crippen molar-refractivity contribution in [2.24, 2.45) is 0 Å². The number of nitrogens with zero attached hydrogens (tertiary/aromatic N) is 4. The Labute approximate surface area is 151 Å². The molecule has 0 spiro atoms. The first-order valence-corrected chi connectivity index (χ1v) is 10.0. The number of hydrogen-bond donors (Lipinski definition) is 0. The predicted octanol–water partition coefficient (Wildman–Crippen LogP) is 3.87. The fraction of sp³-hybridized carbons (Fsp3) is 0.471. The van der Waals surface area contributed by atoms with Gasteiger partial charge >= 0.3 is 0 Å². The molecule has 1 amide bonds. The molecule has 1 aliphatic rings. The van der Waals surface area contributed by atoms with Crippen LogP contribution in [0.25, 0.3) is 0 Å². The van der Waals surface area contributed by atoms with Crippen molar-refractivity contribution in [3.63, 3.8) is 0 Å². The molecule has 0 saturated heterocycles. The first kappa shape index (κ1) is 17.4. The zero-order valence-corrected chi connectivity index (χ0v) is 15.8. The van der Waals surface area contributed by atoms with Crippen molar-refractivity contribution in [1.29, 1.82) is 0 Å². The van der Waals surface area contributed by atoms with E-state index in [-0.39, 0.29) is 11.9 Å². The van der Waals surface area contributed by atoms with Crippen LogP contribution >= 0.6 is 23.5 Å². The maximum absolute atomic E-state index is 12.8. The van der Waals surface area contributed by atoms with Crippen molar-refractivity contribution in [3.8, 4) is 0 Å². The van der Waals surface area contributed by atoms with Gasteiger partial charge in [-0.05, 0) is 32.4 Å². The van der Waals surface area contributed by atoms with Gasteiger partial charge < -0.3 is 9.47 Å². The molecule has 3 rings (SSSR count). The first-order chi connectivity index (χ1) is 11.6. The Kier molecular flexibility index (Phi) is 5.50. The van der Waals surface area contributed by atoms with E-state index in [1.165, 1.54) is 16.7 Å². The van der Waals surface area contributed by atoms with Gasteiger partial charge in [0.15, 0.2) is 5.16 Å². The van der Waals surface area contributed by atoms with Crippen LogP contribution in [0, 0.1) is 0 Å². The van der Waals surface area contributed by atoms with Crippen LogP contribution in [0.1, 0.15) is 33.2 Å². The highest BCUT2D eigenvalue weighted by Crippen LogP contribution is 2.37. The Hall–Kier alpha value is -1.47. The highest BCUT2D eigenvalue weighted by Gasteiger charge is 2.24. The van der Waals surface area contributed by atoms with Crippen molar-refractivity contribution in [2.75, 3.05) is 17.2 Å². The molecular formula is C17H22N4OS2. The van der Waals surface area contributed by atoms with Gasteiger partial charge in [0.2, 0.25) is 5.91 Å². The number of anilines is 1. The highest BCUT2D eigenvalue weighted by molar-refractivity contribution is 8.00. The topological polar surface area (TPSA) is 51.0 Å². The van der Waals surface area contributed by atoms with Gasteiger partial charge in [0.05, 0.1) is 11.4 Å². The van der Waals surface area contributed by atoms with E-state index in [0.717, 1.165) is 23.8 Å². The van der Waals surface area contributed by atoms with Gasteiger partial charge in [-0.1, -0.05) is 30.8 Å². The van der Waals surface area contributed by atoms with Crippen LogP contribution in [0.15, 0.2) is 40.6 Å². The lowest BCUT2D eigenvalue weighted by atomic mass is 10.2. The van der Waals surface area contributed by atoms with Crippen LogP contribution in [0.5, 0.6) is 0 Å². The van der Waals surface area contributed by atoms with Crippen molar-refractivity contribution in [3.05, 3.63) is 30.6 Å². The summed E-state index contributed by atoms with van der Waals surface area (Å²) in [6.45, 7) is 7.15. The Morgan fingerprint density at radius 3 is 3.00 bits per heavy atom. The minimum absolute atomic E-state index is 0.125. The molecular weight excluding hydrogens is 340 g/mol. The van der Waals surface area contributed by atoms with Crippen molar-refractivity contribution in [1.82, 2.24) is 14.8 Å². The van der Waals surface area contributed by atoms with Gasteiger partial charge in [0.1, 0.15) is 6.33 Å². The molecule has 1 atom stereocenters. The van der Waals surface area contributed by atoms with Crippen LogP contribution in [0.3, 0.4) is 0 Å². The molecule has 2 aromatic rings. The van der Waals surface area contributed by atoms with Crippen LogP contribution in [-0.4, -0.2) is 38.2 Å². The van der Waals surface area contributed by atoms with E-state index in [1.54, 1.807) is 6.33 Å². The maximum atomic E-state index is 12.8. The van der Waals surface area contributed by atoms with Gasteiger partial charge in [0.25, 0.3) is 0 Å². The molecule has 5 nitrogen and oxygen atoms in total. The summed E-state index contributed by atoms with van der Waals surface area (Å²) in [5, 5.41) is 9.40. The summed E-state index contributed by atoms with van der Waals surface area (Å²) < 4.78 is 1.99. The Morgan fingerprint density at radius 1 is 1.42 bits per heavy atom. The largest absolute Gasteiger partial charge is 0.311 e. The molecule has 1 aliphatic heterocycles. The lowest BCUT2D eigenvalue weighted by molar-refractivity contribution is -0.116. The number of thioether (sulfide) groups is 2. The molecule has 1 aromatic carbocycles. The molecule has 0 N–H and O–H groups in total. The SMILES string of the molecule is CC1CCN(C(=O)CSc2nncn2C(C)C)c2ccccc2S1. The lowest BCUT2D eigenvalue weighted by Gasteiger charge is -2.22. The van der Waals surface area contributed by atoms with Crippen molar-refractivity contribution >= 4 is 35.1 Å². The molecule has 128 valence electrons. The fourth-order valence-corrected chi connectivity index (χ4v) is 4.67. The molecule has 1 aromatic heterocycles. The zero-order valence-electron chi connectivity index (χ0n) is 14.2. The first-order valence-electron chi connectivity index (χ1n) is 8.14. The second kappa shape index (κ2) is 7.61. The monoisotopic (exact) mass is 362 g/mol. The normalized spacial score (nSPS) is 17.7. The van der Waals surface area contributed by atoms with E-state index in [4.69, 9.17) is 0 Å². The summed E-state index contributed by atoms with van der Waals surface area (Å²) in [6.07, 6.45) is 2.72. The smallest absolute Gasteiger partial charge is 0.237 e. The van der Waals surface area contributed by atoms with E-state index in [9.17, 15) is 4.79 Å². The van der Waals surface area contributed by atoms with E-state index in [0.29, 0.717) is 11.0 Å².